The van der Waals surface area contributed by atoms with Crippen molar-refractivity contribution in [2.75, 3.05) is 0 Å². The van der Waals surface area contributed by atoms with E-state index in [0.29, 0.717) is 17.3 Å². The van der Waals surface area contributed by atoms with Gasteiger partial charge in [-0.05, 0) is 60.8 Å². The Labute approximate surface area is 127 Å². The van der Waals surface area contributed by atoms with Crippen molar-refractivity contribution >= 4 is 21.9 Å². The smallest absolute Gasteiger partial charge is 0.306 e. The van der Waals surface area contributed by atoms with Crippen molar-refractivity contribution in [2.24, 2.45) is 17.3 Å². The molecular weight excluding hydrogens is 323 g/mol. The number of carboxylic acid groups (broad SMARTS) is 1. The minimum atomic E-state index is -0.721. The van der Waals surface area contributed by atoms with E-state index in [4.69, 9.17) is 0 Å². The Morgan fingerprint density at radius 3 is 2.75 bits per heavy atom. The van der Waals surface area contributed by atoms with E-state index in [1.807, 2.05) is 6.07 Å². The third kappa shape index (κ3) is 3.81. The van der Waals surface area contributed by atoms with Crippen LogP contribution in [0.5, 0.6) is 0 Å². The van der Waals surface area contributed by atoms with E-state index in [0.717, 1.165) is 18.4 Å². The maximum absolute atomic E-state index is 13.4. The summed E-state index contributed by atoms with van der Waals surface area (Å²) in [7, 11) is 0. The second-order valence-corrected chi connectivity index (χ2v) is 7.51. The molecule has 0 amide bonds. The SMILES string of the molecule is CC1(C)CCC(C(=O)O)C(Cc2cc(F)cc(Br)c2)C1. The van der Waals surface area contributed by atoms with Crippen molar-refractivity contribution < 1.29 is 14.3 Å². The monoisotopic (exact) mass is 342 g/mol. The van der Waals surface area contributed by atoms with E-state index < -0.39 is 5.97 Å². The van der Waals surface area contributed by atoms with Gasteiger partial charge in [-0.25, -0.2) is 4.39 Å². The summed E-state index contributed by atoms with van der Waals surface area (Å²) < 4.78 is 14.1. The fourth-order valence-electron chi connectivity index (χ4n) is 3.31. The van der Waals surface area contributed by atoms with Gasteiger partial charge in [0.25, 0.3) is 0 Å². The lowest BCUT2D eigenvalue weighted by atomic mass is 9.65. The number of rotatable bonds is 3. The largest absolute Gasteiger partial charge is 0.481 e. The van der Waals surface area contributed by atoms with Gasteiger partial charge in [0.15, 0.2) is 0 Å². The van der Waals surface area contributed by atoms with Gasteiger partial charge >= 0.3 is 5.97 Å². The summed E-state index contributed by atoms with van der Waals surface area (Å²) in [6, 6.07) is 4.80. The second-order valence-electron chi connectivity index (χ2n) is 6.59. The molecule has 110 valence electrons. The summed E-state index contributed by atoms with van der Waals surface area (Å²) in [5.74, 6) is -1.24. The number of hydrogen-bond acceptors (Lipinski definition) is 1. The molecule has 1 saturated carbocycles. The fraction of sp³-hybridized carbons (Fsp3) is 0.562. The number of carbonyl (C=O) groups is 1. The van der Waals surface area contributed by atoms with Crippen LogP contribution in [-0.2, 0) is 11.2 Å². The van der Waals surface area contributed by atoms with E-state index in [1.54, 1.807) is 0 Å². The van der Waals surface area contributed by atoms with Crippen molar-refractivity contribution in [3.8, 4) is 0 Å². The van der Waals surface area contributed by atoms with Crippen LogP contribution in [-0.4, -0.2) is 11.1 Å². The van der Waals surface area contributed by atoms with Crippen LogP contribution in [0, 0.1) is 23.1 Å². The number of benzene rings is 1. The summed E-state index contributed by atoms with van der Waals surface area (Å²) in [6.45, 7) is 4.36. The number of hydrogen-bond donors (Lipinski definition) is 1. The lowest BCUT2D eigenvalue weighted by Gasteiger charge is -2.39. The first-order chi connectivity index (χ1) is 9.27. The van der Waals surface area contributed by atoms with Gasteiger partial charge in [0, 0.05) is 4.47 Å². The molecule has 0 heterocycles. The van der Waals surface area contributed by atoms with Crippen molar-refractivity contribution in [1.29, 1.82) is 0 Å². The zero-order chi connectivity index (χ0) is 14.9. The van der Waals surface area contributed by atoms with Crippen LogP contribution in [0.25, 0.3) is 0 Å². The van der Waals surface area contributed by atoms with Crippen LogP contribution in [0.3, 0.4) is 0 Å². The number of aliphatic carboxylic acids is 1. The van der Waals surface area contributed by atoms with Gasteiger partial charge in [0.05, 0.1) is 5.92 Å². The van der Waals surface area contributed by atoms with E-state index in [-0.39, 0.29) is 23.1 Å². The van der Waals surface area contributed by atoms with Gasteiger partial charge in [0.2, 0.25) is 0 Å². The molecule has 0 aromatic heterocycles. The molecule has 0 bridgehead atoms. The number of halogens is 2. The van der Waals surface area contributed by atoms with E-state index in [1.165, 1.54) is 12.1 Å². The second kappa shape index (κ2) is 5.84. The average molecular weight is 343 g/mol. The standard InChI is InChI=1S/C16H20BrFO2/c1-16(2)4-3-14(15(19)20)11(9-16)5-10-6-12(17)8-13(18)7-10/h6-8,11,14H,3-5,9H2,1-2H3,(H,19,20). The molecular formula is C16H20BrFO2. The van der Waals surface area contributed by atoms with Crippen LogP contribution >= 0.6 is 15.9 Å². The van der Waals surface area contributed by atoms with Gasteiger partial charge in [0.1, 0.15) is 5.82 Å². The van der Waals surface area contributed by atoms with Gasteiger partial charge in [-0.2, -0.15) is 0 Å². The molecule has 2 unspecified atom stereocenters. The Kier molecular flexibility index (Phi) is 4.52. The molecule has 1 aliphatic carbocycles. The predicted octanol–water partition coefficient (Wildman–Crippen LogP) is 4.66. The third-order valence-corrected chi connectivity index (χ3v) is 4.71. The van der Waals surface area contributed by atoms with Gasteiger partial charge in [-0.15, -0.1) is 0 Å². The molecule has 2 rings (SSSR count). The summed E-state index contributed by atoms with van der Waals surface area (Å²) in [6.07, 6.45) is 3.14. The van der Waals surface area contributed by atoms with Crippen molar-refractivity contribution in [3.05, 3.63) is 34.1 Å². The first-order valence-electron chi connectivity index (χ1n) is 6.95. The van der Waals surface area contributed by atoms with Gasteiger partial charge in [-0.1, -0.05) is 29.8 Å². The quantitative estimate of drug-likeness (QED) is 0.867. The number of carboxylic acids is 1. The molecule has 0 radical (unpaired) electrons. The molecule has 1 fully saturated rings. The van der Waals surface area contributed by atoms with Crippen LogP contribution in [0.15, 0.2) is 22.7 Å². The van der Waals surface area contributed by atoms with Crippen LogP contribution in [0.2, 0.25) is 0 Å². The summed E-state index contributed by atoms with van der Waals surface area (Å²) in [5, 5.41) is 9.38. The Bertz CT molecular complexity index is 493. The zero-order valence-corrected chi connectivity index (χ0v) is 13.4. The molecule has 2 atom stereocenters. The van der Waals surface area contributed by atoms with Crippen molar-refractivity contribution in [3.63, 3.8) is 0 Å². The average Bonchev–Trinajstić information content (AvgIpc) is 2.25. The third-order valence-electron chi connectivity index (χ3n) is 4.25. The molecule has 2 nitrogen and oxygen atoms in total. The van der Waals surface area contributed by atoms with Crippen molar-refractivity contribution in [2.45, 2.75) is 39.5 Å². The Morgan fingerprint density at radius 2 is 2.15 bits per heavy atom. The molecule has 1 N–H and O–H groups in total. The molecule has 0 saturated heterocycles. The summed E-state index contributed by atoms with van der Waals surface area (Å²) in [5.41, 5.74) is 1.03. The zero-order valence-electron chi connectivity index (χ0n) is 11.8. The van der Waals surface area contributed by atoms with Crippen molar-refractivity contribution in [1.82, 2.24) is 0 Å². The Balaban J connectivity index is 2.20. The lowest BCUT2D eigenvalue weighted by molar-refractivity contribution is -0.146. The fourth-order valence-corrected chi connectivity index (χ4v) is 3.82. The molecule has 20 heavy (non-hydrogen) atoms. The first kappa shape index (κ1) is 15.5. The molecule has 0 aliphatic heterocycles. The predicted molar refractivity (Wildman–Crippen MR) is 80.1 cm³/mol. The maximum Gasteiger partial charge on any atom is 0.306 e. The first-order valence-corrected chi connectivity index (χ1v) is 7.74. The highest BCUT2D eigenvalue weighted by Crippen LogP contribution is 2.43. The molecule has 1 aromatic carbocycles. The summed E-state index contributed by atoms with van der Waals surface area (Å²) >= 11 is 3.29. The van der Waals surface area contributed by atoms with Crippen LogP contribution in [0.4, 0.5) is 4.39 Å². The van der Waals surface area contributed by atoms with Crippen LogP contribution < -0.4 is 0 Å². The molecule has 1 aromatic rings. The van der Waals surface area contributed by atoms with E-state index in [9.17, 15) is 14.3 Å². The highest BCUT2D eigenvalue weighted by Gasteiger charge is 2.38. The highest BCUT2D eigenvalue weighted by atomic mass is 79.9. The van der Waals surface area contributed by atoms with Gasteiger partial charge < -0.3 is 5.11 Å². The van der Waals surface area contributed by atoms with E-state index >= 15 is 0 Å². The minimum Gasteiger partial charge on any atom is -0.481 e. The molecule has 0 spiro atoms. The minimum absolute atomic E-state index is 0.0740. The normalized spacial score (nSPS) is 25.4. The topological polar surface area (TPSA) is 37.3 Å². The van der Waals surface area contributed by atoms with Crippen LogP contribution in [0.1, 0.15) is 38.7 Å². The summed E-state index contributed by atoms with van der Waals surface area (Å²) in [4.78, 5) is 11.4. The highest BCUT2D eigenvalue weighted by molar-refractivity contribution is 9.10. The van der Waals surface area contributed by atoms with E-state index in [2.05, 4.69) is 29.8 Å². The molecule has 1 aliphatic rings. The lowest BCUT2D eigenvalue weighted by Crippen LogP contribution is -2.35. The van der Waals surface area contributed by atoms with Gasteiger partial charge in [-0.3, -0.25) is 4.79 Å². The Morgan fingerprint density at radius 1 is 1.45 bits per heavy atom. The Hall–Kier alpha value is -0.900. The maximum atomic E-state index is 13.4. The molecule has 4 heteroatoms.